The van der Waals surface area contributed by atoms with E-state index in [1.54, 1.807) is 10.8 Å². The van der Waals surface area contributed by atoms with Gasteiger partial charge in [0.05, 0.1) is 0 Å². The normalized spacial score (nSPS) is 17.6. The van der Waals surface area contributed by atoms with Crippen molar-refractivity contribution in [1.29, 1.82) is 0 Å². The number of nitrogens with zero attached hydrogens (tertiary/aromatic N) is 5. The monoisotopic (exact) mass is 218 g/mol. The molecule has 84 valence electrons. The fourth-order valence-electron chi connectivity index (χ4n) is 1.96. The van der Waals surface area contributed by atoms with Gasteiger partial charge in [0.2, 0.25) is 0 Å². The number of anilines is 1. The van der Waals surface area contributed by atoms with Crippen molar-refractivity contribution in [3.63, 3.8) is 0 Å². The zero-order valence-electron chi connectivity index (χ0n) is 9.00. The van der Waals surface area contributed by atoms with Crippen LogP contribution in [0.15, 0.2) is 18.5 Å². The summed E-state index contributed by atoms with van der Waals surface area (Å²) in [5, 5.41) is 15.6. The second-order valence-electron chi connectivity index (χ2n) is 3.92. The highest BCUT2D eigenvalue weighted by Crippen LogP contribution is 2.11. The van der Waals surface area contributed by atoms with Gasteiger partial charge in [0.25, 0.3) is 0 Å². The van der Waals surface area contributed by atoms with E-state index < -0.39 is 0 Å². The van der Waals surface area contributed by atoms with Crippen LogP contribution in [0.3, 0.4) is 0 Å². The highest BCUT2D eigenvalue weighted by Gasteiger charge is 2.11. The van der Waals surface area contributed by atoms with Gasteiger partial charge in [-0.25, -0.2) is 0 Å². The number of rotatable bonds is 1. The quantitative estimate of drug-likeness (QED) is 0.725. The fraction of sp³-hybridized carbons (Fsp3) is 0.500. The van der Waals surface area contributed by atoms with Gasteiger partial charge in [-0.05, 0) is 25.1 Å². The van der Waals surface area contributed by atoms with Crippen molar-refractivity contribution in [2.24, 2.45) is 0 Å². The van der Waals surface area contributed by atoms with Crippen LogP contribution < -0.4 is 10.2 Å². The molecule has 16 heavy (non-hydrogen) atoms. The number of aromatic nitrogens is 4. The second kappa shape index (κ2) is 4.05. The molecule has 1 saturated heterocycles. The topological polar surface area (TPSA) is 58.4 Å². The van der Waals surface area contributed by atoms with Crippen LogP contribution in [0.25, 0.3) is 5.65 Å². The lowest BCUT2D eigenvalue weighted by Gasteiger charge is -2.20. The van der Waals surface area contributed by atoms with Crippen LogP contribution in [-0.4, -0.2) is 46.0 Å². The predicted octanol–water partition coefficient (Wildman–Crippen LogP) is -0.0760. The average Bonchev–Trinajstić information content (AvgIpc) is 2.61. The Balaban J connectivity index is 1.91. The molecule has 3 rings (SSSR count). The van der Waals surface area contributed by atoms with Crippen LogP contribution >= 0.6 is 0 Å². The Labute approximate surface area is 93.3 Å². The van der Waals surface area contributed by atoms with Gasteiger partial charge in [-0.1, -0.05) is 0 Å². The first-order valence-corrected chi connectivity index (χ1v) is 5.56. The summed E-state index contributed by atoms with van der Waals surface area (Å²) in [6, 6.07) is 3.96. The zero-order valence-corrected chi connectivity index (χ0v) is 9.00. The molecule has 1 N–H and O–H groups in total. The molecule has 2 aromatic heterocycles. The third-order valence-electron chi connectivity index (χ3n) is 2.81. The Kier molecular flexibility index (Phi) is 2.41. The van der Waals surface area contributed by atoms with Gasteiger partial charge in [0.1, 0.15) is 12.1 Å². The van der Waals surface area contributed by atoms with Crippen molar-refractivity contribution in [2.75, 3.05) is 31.1 Å². The maximum Gasteiger partial charge on any atom is 0.177 e. The first-order valence-electron chi connectivity index (χ1n) is 5.56. The van der Waals surface area contributed by atoms with Gasteiger partial charge < -0.3 is 10.2 Å². The van der Waals surface area contributed by atoms with E-state index in [1.165, 1.54) is 0 Å². The molecule has 0 spiro atoms. The van der Waals surface area contributed by atoms with Crippen molar-refractivity contribution in [3.05, 3.63) is 18.5 Å². The summed E-state index contributed by atoms with van der Waals surface area (Å²) in [5.41, 5.74) is 0.789. The lowest BCUT2D eigenvalue weighted by atomic mass is 10.4. The first-order chi connectivity index (χ1) is 7.93. The third-order valence-corrected chi connectivity index (χ3v) is 2.81. The van der Waals surface area contributed by atoms with Gasteiger partial charge in [-0.3, -0.25) is 0 Å². The SMILES string of the molecule is c1cc2nncn2nc1N1CCCNCC1. The third kappa shape index (κ3) is 1.71. The van der Waals surface area contributed by atoms with Gasteiger partial charge in [0, 0.05) is 19.6 Å². The molecular weight excluding hydrogens is 204 g/mol. The number of nitrogens with one attached hydrogen (secondary N) is 1. The van der Waals surface area contributed by atoms with Crippen molar-refractivity contribution in [3.8, 4) is 0 Å². The van der Waals surface area contributed by atoms with Crippen LogP contribution in [0.4, 0.5) is 5.82 Å². The molecular formula is C10H14N6. The maximum atomic E-state index is 4.49. The minimum Gasteiger partial charge on any atom is -0.354 e. The molecule has 6 heteroatoms. The summed E-state index contributed by atoms with van der Waals surface area (Å²) in [6.45, 7) is 4.15. The molecule has 0 saturated carbocycles. The standard InChI is InChI=1S/C10H14N6/c1-4-11-5-7-15(6-1)10-3-2-9-13-12-8-16(9)14-10/h2-3,8,11H,1,4-7H2. The minimum absolute atomic E-state index is 0.789. The van der Waals surface area contributed by atoms with Crippen molar-refractivity contribution in [2.45, 2.75) is 6.42 Å². The molecule has 0 atom stereocenters. The van der Waals surface area contributed by atoms with Crippen LogP contribution in [0.5, 0.6) is 0 Å². The molecule has 0 bridgehead atoms. The molecule has 0 radical (unpaired) electrons. The van der Waals surface area contributed by atoms with Gasteiger partial charge in [-0.2, -0.15) is 4.52 Å². The van der Waals surface area contributed by atoms with Crippen molar-refractivity contribution < 1.29 is 0 Å². The highest BCUT2D eigenvalue weighted by molar-refractivity contribution is 5.45. The Morgan fingerprint density at radius 3 is 3.19 bits per heavy atom. The van der Waals surface area contributed by atoms with Gasteiger partial charge in [0.15, 0.2) is 5.65 Å². The minimum atomic E-state index is 0.789. The molecule has 0 amide bonds. The predicted molar refractivity (Wildman–Crippen MR) is 60.5 cm³/mol. The Morgan fingerprint density at radius 2 is 2.19 bits per heavy atom. The van der Waals surface area contributed by atoms with E-state index in [1.807, 2.05) is 12.1 Å². The van der Waals surface area contributed by atoms with E-state index in [4.69, 9.17) is 0 Å². The summed E-state index contributed by atoms with van der Waals surface area (Å²) in [4.78, 5) is 2.29. The highest BCUT2D eigenvalue weighted by atomic mass is 15.4. The molecule has 3 heterocycles. The van der Waals surface area contributed by atoms with E-state index in [2.05, 4.69) is 25.5 Å². The average molecular weight is 218 g/mol. The molecule has 6 nitrogen and oxygen atoms in total. The Morgan fingerprint density at radius 1 is 1.19 bits per heavy atom. The smallest absolute Gasteiger partial charge is 0.177 e. The Bertz CT molecular complexity index is 471. The lowest BCUT2D eigenvalue weighted by molar-refractivity contribution is 0.724. The first kappa shape index (κ1) is 9.53. The number of hydrogen-bond acceptors (Lipinski definition) is 5. The van der Waals surface area contributed by atoms with Crippen LogP contribution in [-0.2, 0) is 0 Å². The van der Waals surface area contributed by atoms with E-state index in [-0.39, 0.29) is 0 Å². The zero-order chi connectivity index (χ0) is 10.8. The molecule has 1 aliphatic heterocycles. The van der Waals surface area contributed by atoms with E-state index in [0.29, 0.717) is 0 Å². The molecule has 2 aromatic rings. The number of hydrogen-bond donors (Lipinski definition) is 1. The summed E-state index contributed by atoms with van der Waals surface area (Å²) in [6.07, 6.45) is 2.79. The molecule has 0 unspecified atom stereocenters. The van der Waals surface area contributed by atoms with E-state index in [0.717, 1.165) is 44.1 Å². The van der Waals surface area contributed by atoms with Gasteiger partial charge >= 0.3 is 0 Å². The maximum absolute atomic E-state index is 4.49. The molecule has 1 fully saturated rings. The summed E-state index contributed by atoms with van der Waals surface area (Å²) < 4.78 is 1.72. The summed E-state index contributed by atoms with van der Waals surface area (Å²) in [7, 11) is 0. The van der Waals surface area contributed by atoms with E-state index >= 15 is 0 Å². The second-order valence-corrected chi connectivity index (χ2v) is 3.92. The summed E-state index contributed by atoms with van der Waals surface area (Å²) in [5.74, 6) is 0.996. The van der Waals surface area contributed by atoms with Crippen molar-refractivity contribution in [1.82, 2.24) is 25.1 Å². The van der Waals surface area contributed by atoms with E-state index in [9.17, 15) is 0 Å². The Hall–Kier alpha value is -1.69. The van der Waals surface area contributed by atoms with Crippen LogP contribution in [0.2, 0.25) is 0 Å². The lowest BCUT2D eigenvalue weighted by Crippen LogP contribution is -2.28. The van der Waals surface area contributed by atoms with Crippen molar-refractivity contribution >= 4 is 11.5 Å². The largest absolute Gasteiger partial charge is 0.354 e. The summed E-state index contributed by atoms with van der Waals surface area (Å²) >= 11 is 0. The molecule has 1 aliphatic rings. The molecule has 0 aliphatic carbocycles. The molecule has 0 aromatic carbocycles. The number of fused-ring (bicyclic) bond motifs is 1. The van der Waals surface area contributed by atoms with Gasteiger partial charge in [-0.15, -0.1) is 15.3 Å². The van der Waals surface area contributed by atoms with Crippen LogP contribution in [0.1, 0.15) is 6.42 Å². The fourth-order valence-corrected chi connectivity index (χ4v) is 1.96. The van der Waals surface area contributed by atoms with Crippen LogP contribution in [0, 0.1) is 0 Å².